The Kier molecular flexibility index (Phi) is 3.91. The minimum atomic E-state index is -4.69. The molecule has 0 aromatic carbocycles. The van der Waals surface area contributed by atoms with Gasteiger partial charge in [-0.1, -0.05) is 0 Å². The molecule has 2 aromatic heterocycles. The van der Waals surface area contributed by atoms with Crippen LogP contribution in [0.5, 0.6) is 0 Å². The van der Waals surface area contributed by atoms with Gasteiger partial charge in [0.2, 0.25) is 10.0 Å². The molecule has 1 saturated heterocycles. The van der Waals surface area contributed by atoms with Crippen molar-refractivity contribution in [3.8, 4) is 0 Å². The fourth-order valence-electron chi connectivity index (χ4n) is 2.73. The standard InChI is InChI=1S/C12H15F3N6O2S/c1-7-5-9(20-4-2-3-8(6-20)24(16,22)23)21-11(17-7)18-10(19-21)12(13,14)15/h5,8H,2-4,6H2,1H3,(H2,16,22,23). The molecule has 2 aromatic rings. The summed E-state index contributed by atoms with van der Waals surface area (Å²) < 4.78 is 62.7. The van der Waals surface area contributed by atoms with Crippen LogP contribution in [0.3, 0.4) is 0 Å². The number of piperidine rings is 1. The minimum absolute atomic E-state index is 0.0819. The minimum Gasteiger partial charge on any atom is -0.355 e. The lowest BCUT2D eigenvalue weighted by Crippen LogP contribution is -2.45. The van der Waals surface area contributed by atoms with E-state index in [-0.39, 0.29) is 12.3 Å². The van der Waals surface area contributed by atoms with Gasteiger partial charge in [-0.25, -0.2) is 18.5 Å². The zero-order valence-corrected chi connectivity index (χ0v) is 13.5. The Hall–Kier alpha value is -1.95. The van der Waals surface area contributed by atoms with Crippen LogP contribution in [-0.4, -0.2) is 46.3 Å². The summed E-state index contributed by atoms with van der Waals surface area (Å²) in [4.78, 5) is 9.01. The zero-order chi connectivity index (χ0) is 17.7. The molecule has 3 rings (SSSR count). The van der Waals surface area contributed by atoms with E-state index in [4.69, 9.17) is 5.14 Å². The average molecular weight is 364 g/mol. The Morgan fingerprint density at radius 3 is 2.67 bits per heavy atom. The molecule has 3 heterocycles. The molecule has 0 bridgehead atoms. The number of hydrogen-bond acceptors (Lipinski definition) is 6. The molecule has 0 aliphatic carbocycles. The monoisotopic (exact) mass is 364 g/mol. The number of fused-ring (bicyclic) bond motifs is 1. The Bertz CT molecular complexity index is 879. The summed E-state index contributed by atoms with van der Waals surface area (Å²) in [6.07, 6.45) is -3.73. The van der Waals surface area contributed by atoms with Crippen molar-refractivity contribution >= 4 is 21.6 Å². The highest BCUT2D eigenvalue weighted by Crippen LogP contribution is 2.28. The van der Waals surface area contributed by atoms with Crippen LogP contribution in [0.2, 0.25) is 0 Å². The highest BCUT2D eigenvalue weighted by Gasteiger charge is 2.37. The van der Waals surface area contributed by atoms with Crippen LogP contribution < -0.4 is 10.0 Å². The smallest absolute Gasteiger partial charge is 0.355 e. The molecule has 132 valence electrons. The fraction of sp³-hybridized carbons (Fsp3) is 0.583. The lowest BCUT2D eigenvalue weighted by Gasteiger charge is -2.33. The number of primary sulfonamides is 1. The number of nitrogens with zero attached hydrogens (tertiary/aromatic N) is 5. The van der Waals surface area contributed by atoms with E-state index in [0.717, 1.165) is 4.52 Å². The molecule has 0 radical (unpaired) electrons. The van der Waals surface area contributed by atoms with E-state index in [1.54, 1.807) is 17.9 Å². The van der Waals surface area contributed by atoms with Crippen LogP contribution in [0, 0.1) is 6.92 Å². The largest absolute Gasteiger partial charge is 0.453 e. The molecule has 1 aliphatic heterocycles. The van der Waals surface area contributed by atoms with E-state index < -0.39 is 27.3 Å². The molecule has 1 fully saturated rings. The molecular weight excluding hydrogens is 349 g/mol. The molecule has 8 nitrogen and oxygen atoms in total. The lowest BCUT2D eigenvalue weighted by atomic mass is 10.1. The third-order valence-electron chi connectivity index (χ3n) is 3.84. The van der Waals surface area contributed by atoms with Crippen molar-refractivity contribution in [2.45, 2.75) is 31.2 Å². The van der Waals surface area contributed by atoms with Crippen molar-refractivity contribution in [2.24, 2.45) is 5.14 Å². The number of rotatable bonds is 2. The Labute approximate surface area is 135 Å². The maximum Gasteiger partial charge on any atom is 0.453 e. The first-order valence-corrected chi connectivity index (χ1v) is 8.75. The number of aromatic nitrogens is 4. The van der Waals surface area contributed by atoms with Crippen molar-refractivity contribution in [2.75, 3.05) is 18.0 Å². The van der Waals surface area contributed by atoms with Gasteiger partial charge in [0.25, 0.3) is 11.6 Å². The summed E-state index contributed by atoms with van der Waals surface area (Å²) in [7, 11) is -3.73. The Balaban J connectivity index is 2.07. The van der Waals surface area contributed by atoms with Crippen LogP contribution in [0.4, 0.5) is 19.0 Å². The molecule has 2 N–H and O–H groups in total. The number of anilines is 1. The van der Waals surface area contributed by atoms with Crippen molar-refractivity contribution in [1.82, 2.24) is 19.6 Å². The van der Waals surface area contributed by atoms with E-state index in [2.05, 4.69) is 15.1 Å². The van der Waals surface area contributed by atoms with Gasteiger partial charge >= 0.3 is 6.18 Å². The highest BCUT2D eigenvalue weighted by molar-refractivity contribution is 7.89. The summed E-state index contributed by atoms with van der Waals surface area (Å²) in [6.45, 7) is 2.18. The number of alkyl halides is 3. The summed E-state index contributed by atoms with van der Waals surface area (Å²) in [5.74, 6) is -1.16. The van der Waals surface area contributed by atoms with Crippen LogP contribution in [0.15, 0.2) is 6.07 Å². The van der Waals surface area contributed by atoms with Gasteiger partial charge in [-0.3, -0.25) is 0 Å². The molecule has 0 saturated carbocycles. The van der Waals surface area contributed by atoms with Gasteiger partial charge in [-0.2, -0.15) is 22.7 Å². The summed E-state index contributed by atoms with van der Waals surface area (Å²) in [6, 6.07) is 1.55. The van der Waals surface area contributed by atoms with Crippen LogP contribution in [0.1, 0.15) is 24.4 Å². The molecule has 24 heavy (non-hydrogen) atoms. The topological polar surface area (TPSA) is 106 Å². The quantitative estimate of drug-likeness (QED) is 0.841. The number of halogens is 3. The van der Waals surface area contributed by atoms with Crippen LogP contribution in [-0.2, 0) is 16.2 Å². The second-order valence-electron chi connectivity index (χ2n) is 5.70. The predicted octanol–water partition coefficient (Wildman–Crippen LogP) is 0.709. The van der Waals surface area contributed by atoms with Gasteiger partial charge in [-0.15, -0.1) is 5.10 Å². The van der Waals surface area contributed by atoms with Gasteiger partial charge < -0.3 is 4.90 Å². The summed E-state index contributed by atoms with van der Waals surface area (Å²) in [5, 5.41) is 7.91. The Morgan fingerprint density at radius 1 is 1.33 bits per heavy atom. The molecule has 1 aliphatic rings. The SMILES string of the molecule is Cc1cc(N2CCCC(S(N)(=O)=O)C2)n2nc(C(F)(F)F)nc2n1. The molecule has 12 heteroatoms. The van der Waals surface area contributed by atoms with Gasteiger partial charge in [-0.05, 0) is 19.8 Å². The third-order valence-corrected chi connectivity index (χ3v) is 5.16. The van der Waals surface area contributed by atoms with Crippen molar-refractivity contribution < 1.29 is 21.6 Å². The van der Waals surface area contributed by atoms with E-state index in [1.807, 2.05) is 0 Å². The summed E-state index contributed by atoms with van der Waals surface area (Å²) in [5.41, 5.74) is 0.455. The average Bonchev–Trinajstić information content (AvgIpc) is 2.89. The van der Waals surface area contributed by atoms with Crippen molar-refractivity contribution in [3.63, 3.8) is 0 Å². The second kappa shape index (κ2) is 5.55. The first kappa shape index (κ1) is 16.9. The maximum absolute atomic E-state index is 12.8. The van der Waals surface area contributed by atoms with Gasteiger partial charge in [0.15, 0.2) is 0 Å². The summed E-state index contributed by atoms with van der Waals surface area (Å²) >= 11 is 0. The van der Waals surface area contributed by atoms with Gasteiger partial charge in [0, 0.05) is 24.8 Å². The van der Waals surface area contributed by atoms with Gasteiger partial charge in [0.1, 0.15) is 5.82 Å². The van der Waals surface area contributed by atoms with Crippen LogP contribution in [0.25, 0.3) is 5.78 Å². The number of sulfonamides is 1. The first-order chi connectivity index (χ1) is 11.1. The van der Waals surface area contributed by atoms with E-state index in [0.29, 0.717) is 30.9 Å². The fourth-order valence-corrected chi connectivity index (χ4v) is 3.61. The van der Waals surface area contributed by atoms with Crippen LogP contribution >= 0.6 is 0 Å². The molecule has 0 spiro atoms. The zero-order valence-electron chi connectivity index (χ0n) is 12.7. The third kappa shape index (κ3) is 3.15. The normalized spacial score (nSPS) is 19.9. The Morgan fingerprint density at radius 2 is 2.04 bits per heavy atom. The number of nitrogens with two attached hydrogens (primary N) is 1. The van der Waals surface area contributed by atoms with E-state index >= 15 is 0 Å². The molecule has 0 amide bonds. The van der Waals surface area contributed by atoms with E-state index in [9.17, 15) is 21.6 Å². The molecule has 1 unspecified atom stereocenters. The van der Waals surface area contributed by atoms with Gasteiger partial charge in [0.05, 0.1) is 5.25 Å². The molecule has 1 atom stereocenters. The molecular formula is C12H15F3N6O2S. The first-order valence-electron chi connectivity index (χ1n) is 7.14. The van der Waals surface area contributed by atoms with Crippen molar-refractivity contribution in [1.29, 1.82) is 0 Å². The highest BCUT2D eigenvalue weighted by atomic mass is 32.2. The lowest BCUT2D eigenvalue weighted by molar-refractivity contribution is -0.144. The maximum atomic E-state index is 12.8. The number of aryl methyl sites for hydroxylation is 1. The van der Waals surface area contributed by atoms with E-state index in [1.165, 1.54) is 0 Å². The second-order valence-corrected chi connectivity index (χ2v) is 7.54. The van der Waals surface area contributed by atoms with Crippen molar-refractivity contribution in [3.05, 3.63) is 17.6 Å². The number of hydrogen-bond donors (Lipinski definition) is 1. The predicted molar refractivity (Wildman–Crippen MR) is 78.9 cm³/mol.